The normalized spacial score (nSPS) is 14.5. The first-order chi connectivity index (χ1) is 17.7. The van der Waals surface area contributed by atoms with Crippen molar-refractivity contribution in [1.29, 1.82) is 0 Å². The van der Waals surface area contributed by atoms with Gasteiger partial charge in [0.05, 0.1) is 13.1 Å². The van der Waals surface area contributed by atoms with Crippen LogP contribution < -0.4 is 0 Å². The minimum atomic E-state index is -0.249. The minimum absolute atomic E-state index is 0.00103. The van der Waals surface area contributed by atoms with Crippen LogP contribution in [0.3, 0.4) is 0 Å². The van der Waals surface area contributed by atoms with Crippen molar-refractivity contribution in [3.05, 3.63) is 59.7 Å². The van der Waals surface area contributed by atoms with Gasteiger partial charge in [0.2, 0.25) is 11.8 Å². The molecule has 1 aromatic heterocycles. The molecular weight excluding hydrogens is 469 g/mol. The molecular formula is C30H44FN3O3. The van der Waals surface area contributed by atoms with E-state index in [1.165, 1.54) is 18.6 Å². The summed E-state index contributed by atoms with van der Waals surface area (Å²) in [6.45, 7) is 8.40. The second kappa shape index (κ2) is 13.8. The van der Waals surface area contributed by atoms with Gasteiger partial charge in [-0.2, -0.15) is 0 Å². The summed E-state index contributed by atoms with van der Waals surface area (Å²) in [4.78, 5) is 30.7. The van der Waals surface area contributed by atoms with Gasteiger partial charge in [-0.15, -0.1) is 0 Å². The van der Waals surface area contributed by atoms with E-state index in [2.05, 4.69) is 4.57 Å². The van der Waals surface area contributed by atoms with Crippen molar-refractivity contribution in [2.45, 2.75) is 84.8 Å². The molecule has 0 spiro atoms. The Morgan fingerprint density at radius 3 is 2.41 bits per heavy atom. The van der Waals surface area contributed by atoms with E-state index in [1.807, 2.05) is 44.0 Å². The van der Waals surface area contributed by atoms with Crippen molar-refractivity contribution in [2.75, 3.05) is 26.8 Å². The molecule has 2 amide bonds. The SMILES string of the molecule is COCCCN(CC(=O)N(Cc1cccn1Cc1ccc(F)cc1)C1CCCCC1)C(=O)CC(C)(C)C. The van der Waals surface area contributed by atoms with Gasteiger partial charge in [-0.05, 0) is 54.5 Å². The summed E-state index contributed by atoms with van der Waals surface area (Å²) >= 11 is 0. The third kappa shape index (κ3) is 9.29. The van der Waals surface area contributed by atoms with E-state index >= 15 is 0 Å². The van der Waals surface area contributed by atoms with Crippen LogP contribution in [0.4, 0.5) is 4.39 Å². The number of rotatable bonds is 12. The molecule has 0 bridgehead atoms. The molecule has 0 aliphatic heterocycles. The van der Waals surface area contributed by atoms with E-state index in [0.29, 0.717) is 39.1 Å². The van der Waals surface area contributed by atoms with Crippen LogP contribution in [0, 0.1) is 11.2 Å². The molecule has 0 radical (unpaired) electrons. The summed E-state index contributed by atoms with van der Waals surface area (Å²) in [5.74, 6) is -0.233. The molecule has 0 saturated heterocycles. The third-order valence-electron chi connectivity index (χ3n) is 6.99. The van der Waals surface area contributed by atoms with Gasteiger partial charge in [0.1, 0.15) is 5.82 Å². The van der Waals surface area contributed by atoms with Crippen LogP contribution in [-0.2, 0) is 27.4 Å². The van der Waals surface area contributed by atoms with Crippen molar-refractivity contribution in [3.8, 4) is 0 Å². The fourth-order valence-corrected chi connectivity index (χ4v) is 5.03. The molecule has 6 nitrogen and oxygen atoms in total. The first-order valence-electron chi connectivity index (χ1n) is 13.6. The van der Waals surface area contributed by atoms with E-state index < -0.39 is 0 Å². The topological polar surface area (TPSA) is 54.8 Å². The summed E-state index contributed by atoms with van der Waals surface area (Å²) < 4.78 is 20.7. The zero-order chi connectivity index (χ0) is 26.8. The number of benzene rings is 1. The van der Waals surface area contributed by atoms with Gasteiger partial charge in [-0.3, -0.25) is 9.59 Å². The summed E-state index contributed by atoms with van der Waals surface area (Å²) in [6, 6.07) is 10.8. The van der Waals surface area contributed by atoms with Gasteiger partial charge in [0, 0.05) is 51.2 Å². The van der Waals surface area contributed by atoms with E-state index in [-0.39, 0.29) is 35.6 Å². The zero-order valence-corrected chi connectivity index (χ0v) is 23.0. The molecule has 1 saturated carbocycles. The molecule has 3 rings (SSSR count). The number of carbonyl (C=O) groups excluding carboxylic acids is 2. The largest absolute Gasteiger partial charge is 0.385 e. The molecule has 0 N–H and O–H groups in total. The Morgan fingerprint density at radius 1 is 1.05 bits per heavy atom. The van der Waals surface area contributed by atoms with Gasteiger partial charge in [0.25, 0.3) is 0 Å². The fraction of sp³-hybridized carbons (Fsp3) is 0.600. The molecule has 37 heavy (non-hydrogen) atoms. The zero-order valence-electron chi connectivity index (χ0n) is 23.0. The second-order valence-corrected chi connectivity index (χ2v) is 11.5. The van der Waals surface area contributed by atoms with Gasteiger partial charge in [-0.25, -0.2) is 4.39 Å². The third-order valence-corrected chi connectivity index (χ3v) is 6.99. The molecule has 0 unspecified atom stereocenters. The average molecular weight is 514 g/mol. The molecule has 0 atom stereocenters. The Bertz CT molecular complexity index is 990. The smallest absolute Gasteiger partial charge is 0.242 e. The van der Waals surface area contributed by atoms with Crippen LogP contribution in [-0.4, -0.2) is 59.0 Å². The number of methoxy groups -OCH3 is 1. The molecule has 7 heteroatoms. The number of aromatic nitrogens is 1. The van der Waals surface area contributed by atoms with Crippen molar-refractivity contribution in [2.24, 2.45) is 5.41 Å². The number of ether oxygens (including phenoxy) is 1. The van der Waals surface area contributed by atoms with Gasteiger partial charge in [-0.1, -0.05) is 52.2 Å². The highest BCUT2D eigenvalue weighted by atomic mass is 19.1. The van der Waals surface area contributed by atoms with Crippen LogP contribution in [0.5, 0.6) is 0 Å². The molecule has 1 fully saturated rings. The Balaban J connectivity index is 1.78. The van der Waals surface area contributed by atoms with Crippen molar-refractivity contribution in [3.63, 3.8) is 0 Å². The van der Waals surface area contributed by atoms with E-state index in [1.54, 1.807) is 24.1 Å². The molecule has 204 valence electrons. The lowest BCUT2D eigenvalue weighted by molar-refractivity contribution is -0.144. The maximum absolute atomic E-state index is 13.8. The quantitative estimate of drug-likeness (QED) is 0.345. The standard InChI is InChI=1S/C30H44FN3O3/c1-30(2,3)20-28(35)33(18-9-19-37-4)23-29(36)34(26-10-6-5-7-11-26)22-27-12-8-17-32(27)21-24-13-15-25(31)16-14-24/h8,12-17,26H,5-7,9-11,18-23H2,1-4H3. The van der Waals surface area contributed by atoms with Crippen molar-refractivity contribution >= 4 is 11.8 Å². The average Bonchev–Trinajstić information content (AvgIpc) is 3.29. The lowest BCUT2D eigenvalue weighted by atomic mass is 9.91. The monoisotopic (exact) mass is 513 g/mol. The first-order valence-corrected chi connectivity index (χ1v) is 13.6. The predicted octanol–water partition coefficient (Wildman–Crippen LogP) is 5.64. The summed E-state index contributed by atoms with van der Waals surface area (Å²) in [5.41, 5.74) is 1.89. The molecule has 1 aliphatic rings. The first kappa shape index (κ1) is 28.9. The number of hydrogen-bond donors (Lipinski definition) is 0. The molecule has 1 heterocycles. The summed E-state index contributed by atoms with van der Waals surface area (Å²) in [7, 11) is 1.65. The van der Waals surface area contributed by atoms with Crippen LogP contribution in [0.15, 0.2) is 42.6 Å². The Morgan fingerprint density at radius 2 is 1.76 bits per heavy atom. The molecule has 1 aromatic carbocycles. The Labute approximate surface area is 221 Å². The number of halogens is 1. The molecule has 2 aromatic rings. The highest BCUT2D eigenvalue weighted by Gasteiger charge is 2.29. The highest BCUT2D eigenvalue weighted by molar-refractivity contribution is 5.85. The van der Waals surface area contributed by atoms with Crippen molar-refractivity contribution in [1.82, 2.24) is 14.4 Å². The fourth-order valence-electron chi connectivity index (χ4n) is 5.03. The van der Waals surface area contributed by atoms with Crippen LogP contribution in [0.1, 0.15) is 77.0 Å². The predicted molar refractivity (Wildman–Crippen MR) is 145 cm³/mol. The van der Waals surface area contributed by atoms with E-state index in [0.717, 1.165) is 36.9 Å². The number of hydrogen-bond acceptors (Lipinski definition) is 3. The van der Waals surface area contributed by atoms with E-state index in [9.17, 15) is 14.0 Å². The lowest BCUT2D eigenvalue weighted by Crippen LogP contribution is -2.48. The summed E-state index contributed by atoms with van der Waals surface area (Å²) in [5, 5.41) is 0. The maximum atomic E-state index is 13.8. The Hall–Kier alpha value is -2.67. The van der Waals surface area contributed by atoms with E-state index in [4.69, 9.17) is 4.74 Å². The highest BCUT2D eigenvalue weighted by Crippen LogP contribution is 2.26. The van der Waals surface area contributed by atoms with Gasteiger partial charge in [0.15, 0.2) is 0 Å². The summed E-state index contributed by atoms with van der Waals surface area (Å²) in [6.07, 6.45) is 8.52. The van der Waals surface area contributed by atoms with Crippen LogP contribution in [0.25, 0.3) is 0 Å². The lowest BCUT2D eigenvalue weighted by Gasteiger charge is -2.36. The number of carbonyl (C=O) groups is 2. The minimum Gasteiger partial charge on any atom is -0.385 e. The Kier molecular flexibility index (Phi) is 10.7. The van der Waals surface area contributed by atoms with Gasteiger partial charge < -0.3 is 19.1 Å². The number of amides is 2. The van der Waals surface area contributed by atoms with Crippen molar-refractivity contribution < 1.29 is 18.7 Å². The van der Waals surface area contributed by atoms with Gasteiger partial charge >= 0.3 is 0 Å². The number of nitrogens with zero attached hydrogens (tertiary/aromatic N) is 3. The molecule has 1 aliphatic carbocycles. The van der Waals surface area contributed by atoms with Crippen LogP contribution >= 0.6 is 0 Å². The van der Waals surface area contributed by atoms with Crippen LogP contribution in [0.2, 0.25) is 0 Å². The second-order valence-electron chi connectivity index (χ2n) is 11.5. The maximum Gasteiger partial charge on any atom is 0.242 e.